The summed E-state index contributed by atoms with van der Waals surface area (Å²) in [5.41, 5.74) is 1.31. The summed E-state index contributed by atoms with van der Waals surface area (Å²) >= 11 is 1.75. The lowest BCUT2D eigenvalue weighted by atomic mass is 9.84. The van der Waals surface area contributed by atoms with Crippen molar-refractivity contribution >= 4 is 11.8 Å². The van der Waals surface area contributed by atoms with E-state index in [-0.39, 0.29) is 5.41 Å². The summed E-state index contributed by atoms with van der Waals surface area (Å²) in [5.74, 6) is 2.34. The van der Waals surface area contributed by atoms with E-state index in [1.165, 1.54) is 10.5 Å². The van der Waals surface area contributed by atoms with Gasteiger partial charge in [0.15, 0.2) is 5.82 Å². The fraction of sp³-hybridized carbons (Fsp3) is 0.500. The molecule has 1 N–H and O–H groups in total. The van der Waals surface area contributed by atoms with Crippen LogP contribution < -0.4 is 5.32 Å². The minimum absolute atomic E-state index is 0.0409. The van der Waals surface area contributed by atoms with E-state index in [9.17, 15) is 0 Å². The smallest absolute Gasteiger partial charge is 0.234 e. The first-order chi connectivity index (χ1) is 10.2. The van der Waals surface area contributed by atoms with Crippen LogP contribution in [0, 0.1) is 6.92 Å². The van der Waals surface area contributed by atoms with Gasteiger partial charge in [-0.15, -0.1) is 11.8 Å². The van der Waals surface area contributed by atoms with Gasteiger partial charge >= 0.3 is 0 Å². The molecule has 1 aliphatic heterocycles. The summed E-state index contributed by atoms with van der Waals surface area (Å²) in [6.07, 6.45) is 2.11. The maximum Gasteiger partial charge on any atom is 0.234 e. The van der Waals surface area contributed by atoms with Gasteiger partial charge in [0.05, 0.1) is 11.2 Å². The second-order valence-corrected chi connectivity index (χ2v) is 6.73. The second-order valence-electron chi connectivity index (χ2n) is 5.68. The molecule has 0 spiro atoms. The van der Waals surface area contributed by atoms with Gasteiger partial charge in [-0.3, -0.25) is 0 Å². The fourth-order valence-electron chi connectivity index (χ4n) is 2.76. The van der Waals surface area contributed by atoms with Crippen LogP contribution in [0.5, 0.6) is 0 Å². The molecule has 1 fully saturated rings. The third-order valence-corrected chi connectivity index (χ3v) is 5.19. The maximum absolute atomic E-state index is 5.54. The Balaban J connectivity index is 1.68. The standard InChI is InChI=1S/C16H21N3OS/c1-3-16(7-8-17-11-16)15-18-14(19-20-15)10-21-13-6-4-5-12(2)9-13/h4-6,9,17H,3,7-8,10-11H2,1-2H3. The first-order valence-electron chi connectivity index (χ1n) is 7.45. The molecule has 2 aromatic rings. The third-order valence-electron chi connectivity index (χ3n) is 4.20. The number of thioether (sulfide) groups is 1. The summed E-state index contributed by atoms with van der Waals surface area (Å²) in [6.45, 7) is 6.27. The van der Waals surface area contributed by atoms with Gasteiger partial charge < -0.3 is 9.84 Å². The minimum atomic E-state index is 0.0409. The van der Waals surface area contributed by atoms with Gasteiger partial charge in [-0.1, -0.05) is 29.8 Å². The van der Waals surface area contributed by atoms with Gasteiger partial charge in [-0.2, -0.15) is 4.98 Å². The Morgan fingerprint density at radius 3 is 3.05 bits per heavy atom. The van der Waals surface area contributed by atoms with E-state index in [1.54, 1.807) is 11.8 Å². The molecular weight excluding hydrogens is 282 g/mol. The molecule has 0 radical (unpaired) electrons. The predicted octanol–water partition coefficient (Wildman–Crippen LogP) is 3.31. The zero-order valence-corrected chi connectivity index (χ0v) is 13.4. The van der Waals surface area contributed by atoms with Crippen LogP contribution in [0.2, 0.25) is 0 Å². The topological polar surface area (TPSA) is 51.0 Å². The first kappa shape index (κ1) is 14.6. The number of rotatable bonds is 5. The molecule has 1 aromatic heterocycles. The molecule has 1 atom stereocenters. The molecule has 1 saturated heterocycles. The van der Waals surface area contributed by atoms with E-state index in [0.717, 1.165) is 43.4 Å². The number of hydrogen-bond donors (Lipinski definition) is 1. The highest BCUT2D eigenvalue weighted by Gasteiger charge is 2.39. The summed E-state index contributed by atoms with van der Waals surface area (Å²) in [4.78, 5) is 5.88. The molecular formula is C16H21N3OS. The molecule has 2 heterocycles. The number of aryl methyl sites for hydroxylation is 1. The number of aromatic nitrogens is 2. The average molecular weight is 303 g/mol. The molecule has 0 saturated carbocycles. The molecule has 0 bridgehead atoms. The summed E-state index contributed by atoms with van der Waals surface area (Å²) in [7, 11) is 0. The normalized spacial score (nSPS) is 21.8. The number of nitrogens with zero attached hydrogens (tertiary/aromatic N) is 2. The van der Waals surface area contributed by atoms with E-state index in [0.29, 0.717) is 0 Å². The maximum atomic E-state index is 5.54. The highest BCUT2D eigenvalue weighted by Crippen LogP contribution is 2.33. The van der Waals surface area contributed by atoms with Crippen molar-refractivity contribution in [2.75, 3.05) is 13.1 Å². The Labute approximate surface area is 129 Å². The zero-order chi connectivity index (χ0) is 14.7. The third kappa shape index (κ3) is 3.14. The monoisotopic (exact) mass is 303 g/mol. The van der Waals surface area contributed by atoms with E-state index in [1.807, 2.05) is 0 Å². The quantitative estimate of drug-likeness (QED) is 0.859. The van der Waals surface area contributed by atoms with Crippen LogP contribution in [0.1, 0.15) is 37.0 Å². The summed E-state index contributed by atoms with van der Waals surface area (Å²) < 4.78 is 5.54. The van der Waals surface area contributed by atoms with E-state index in [2.05, 4.69) is 53.6 Å². The second kappa shape index (κ2) is 6.20. The summed E-state index contributed by atoms with van der Waals surface area (Å²) in [6, 6.07) is 8.48. The van der Waals surface area contributed by atoms with Crippen LogP contribution in [0.4, 0.5) is 0 Å². The molecule has 5 heteroatoms. The van der Waals surface area contributed by atoms with Crippen LogP contribution in [-0.4, -0.2) is 23.2 Å². The molecule has 112 valence electrons. The number of nitrogens with one attached hydrogen (secondary N) is 1. The van der Waals surface area contributed by atoms with E-state index < -0.39 is 0 Å². The lowest BCUT2D eigenvalue weighted by molar-refractivity contribution is 0.284. The van der Waals surface area contributed by atoms with E-state index in [4.69, 9.17) is 4.52 Å². The van der Waals surface area contributed by atoms with Crippen LogP contribution in [0.15, 0.2) is 33.7 Å². The Morgan fingerprint density at radius 1 is 1.43 bits per heavy atom. The van der Waals surface area contributed by atoms with Gasteiger partial charge in [0.25, 0.3) is 0 Å². The summed E-state index contributed by atoms with van der Waals surface area (Å²) in [5, 5.41) is 7.56. The van der Waals surface area contributed by atoms with Crippen LogP contribution in [-0.2, 0) is 11.2 Å². The van der Waals surface area contributed by atoms with Gasteiger partial charge in [-0.05, 0) is 38.4 Å². The van der Waals surface area contributed by atoms with Crippen LogP contribution in [0.25, 0.3) is 0 Å². The minimum Gasteiger partial charge on any atom is -0.339 e. The molecule has 1 unspecified atom stereocenters. The fourth-order valence-corrected chi connectivity index (χ4v) is 3.62. The van der Waals surface area contributed by atoms with Gasteiger partial charge in [-0.25, -0.2) is 0 Å². The molecule has 0 amide bonds. The van der Waals surface area contributed by atoms with Crippen molar-refractivity contribution in [3.8, 4) is 0 Å². The van der Waals surface area contributed by atoms with Crippen LogP contribution in [0.3, 0.4) is 0 Å². The molecule has 0 aliphatic carbocycles. The lowest BCUT2D eigenvalue weighted by Crippen LogP contribution is -2.28. The molecule has 1 aromatic carbocycles. The Morgan fingerprint density at radius 2 is 2.33 bits per heavy atom. The van der Waals surface area contributed by atoms with Gasteiger partial charge in [0.1, 0.15) is 0 Å². The SMILES string of the molecule is CCC1(c2nc(CSc3cccc(C)c3)no2)CCNC1. The highest BCUT2D eigenvalue weighted by atomic mass is 32.2. The van der Waals surface area contributed by atoms with Crippen molar-refractivity contribution in [2.45, 2.75) is 42.8 Å². The molecule has 21 heavy (non-hydrogen) atoms. The van der Waals surface area contributed by atoms with Crippen molar-refractivity contribution in [1.29, 1.82) is 0 Å². The highest BCUT2D eigenvalue weighted by molar-refractivity contribution is 7.98. The molecule has 4 nitrogen and oxygen atoms in total. The van der Waals surface area contributed by atoms with E-state index >= 15 is 0 Å². The predicted molar refractivity (Wildman–Crippen MR) is 84.5 cm³/mol. The van der Waals surface area contributed by atoms with Gasteiger partial charge in [0, 0.05) is 11.4 Å². The first-order valence-corrected chi connectivity index (χ1v) is 8.44. The van der Waals surface area contributed by atoms with Crippen molar-refractivity contribution in [2.24, 2.45) is 0 Å². The lowest BCUT2D eigenvalue weighted by Gasteiger charge is -2.20. The Hall–Kier alpha value is -1.33. The van der Waals surface area contributed by atoms with Crippen molar-refractivity contribution < 1.29 is 4.52 Å². The average Bonchev–Trinajstić information content (AvgIpc) is 3.15. The van der Waals surface area contributed by atoms with Crippen LogP contribution >= 0.6 is 11.8 Å². The van der Waals surface area contributed by atoms with Crippen molar-refractivity contribution in [1.82, 2.24) is 15.5 Å². The zero-order valence-electron chi connectivity index (χ0n) is 12.6. The largest absolute Gasteiger partial charge is 0.339 e. The Kier molecular flexibility index (Phi) is 4.31. The molecule has 3 rings (SSSR count). The van der Waals surface area contributed by atoms with Crippen molar-refractivity contribution in [3.63, 3.8) is 0 Å². The Bertz CT molecular complexity index is 605. The molecule has 1 aliphatic rings. The van der Waals surface area contributed by atoms with Crippen molar-refractivity contribution in [3.05, 3.63) is 41.5 Å². The number of hydrogen-bond acceptors (Lipinski definition) is 5. The van der Waals surface area contributed by atoms with Gasteiger partial charge in [0.2, 0.25) is 5.89 Å². The number of benzene rings is 1.